The first kappa shape index (κ1) is 7.98. The van der Waals surface area contributed by atoms with E-state index < -0.39 is 11.6 Å². The topological polar surface area (TPSA) is 9.23 Å². The molecule has 0 N–H and O–H groups in total. The minimum Gasteiger partial charge on any atom is -0.494 e. The minimum absolute atomic E-state index is 0.0106. The van der Waals surface area contributed by atoms with Crippen LogP contribution in [0.5, 0.6) is 5.75 Å². The Morgan fingerprint density at radius 2 is 1.91 bits per heavy atom. The molecule has 3 heteroatoms. The van der Waals surface area contributed by atoms with Crippen LogP contribution in [-0.2, 0) is 0 Å². The lowest BCUT2D eigenvalue weighted by Crippen LogP contribution is -1.91. The van der Waals surface area contributed by atoms with Crippen molar-refractivity contribution in [2.24, 2.45) is 0 Å². The lowest BCUT2D eigenvalue weighted by Gasteiger charge is -2.02. The van der Waals surface area contributed by atoms with E-state index in [9.17, 15) is 8.78 Å². The number of hydrogen-bond acceptors (Lipinski definition) is 1. The molecular formula is C8H7F2O. The van der Waals surface area contributed by atoms with Crippen molar-refractivity contribution in [3.05, 3.63) is 36.3 Å². The molecule has 0 atom stereocenters. The second-order valence-corrected chi connectivity index (χ2v) is 2.08. The summed E-state index contributed by atoms with van der Waals surface area (Å²) in [4.78, 5) is 0. The van der Waals surface area contributed by atoms with E-state index >= 15 is 0 Å². The highest BCUT2D eigenvalue weighted by molar-refractivity contribution is 5.32. The standard InChI is InChI=1S/C8H7F2O/c1-5-3-8(11-2)7(10)4-6(5)9/h3-4H,1H2,2H3. The quantitative estimate of drug-likeness (QED) is 0.607. The highest BCUT2D eigenvalue weighted by atomic mass is 19.1. The van der Waals surface area contributed by atoms with Crippen LogP contribution in [0, 0.1) is 18.6 Å². The first-order valence-corrected chi connectivity index (χ1v) is 3.00. The van der Waals surface area contributed by atoms with Gasteiger partial charge in [-0.1, -0.05) is 0 Å². The van der Waals surface area contributed by atoms with E-state index in [-0.39, 0.29) is 11.3 Å². The fourth-order valence-corrected chi connectivity index (χ4v) is 0.728. The van der Waals surface area contributed by atoms with Gasteiger partial charge in [0, 0.05) is 6.07 Å². The Balaban J connectivity index is 3.21. The third-order valence-electron chi connectivity index (χ3n) is 1.32. The summed E-state index contributed by atoms with van der Waals surface area (Å²) in [7, 11) is 1.32. The van der Waals surface area contributed by atoms with Gasteiger partial charge >= 0.3 is 0 Å². The van der Waals surface area contributed by atoms with Gasteiger partial charge in [0.05, 0.1) is 7.11 Å². The Kier molecular flexibility index (Phi) is 2.08. The first-order valence-electron chi connectivity index (χ1n) is 3.00. The largest absolute Gasteiger partial charge is 0.494 e. The fourth-order valence-electron chi connectivity index (χ4n) is 0.728. The number of benzene rings is 1. The third kappa shape index (κ3) is 1.48. The zero-order valence-corrected chi connectivity index (χ0v) is 6.03. The molecule has 1 rings (SSSR count). The molecule has 0 fully saturated rings. The molecule has 0 aliphatic carbocycles. The van der Waals surface area contributed by atoms with Gasteiger partial charge in [-0.15, -0.1) is 0 Å². The molecule has 1 aromatic rings. The first-order chi connectivity index (χ1) is 5.15. The molecule has 0 unspecified atom stereocenters. The number of hydrogen-bond donors (Lipinski definition) is 0. The van der Waals surface area contributed by atoms with E-state index in [0.717, 1.165) is 6.07 Å². The minimum atomic E-state index is -0.711. The SMILES string of the molecule is [CH2]c1cc(OC)c(F)cc1F. The van der Waals surface area contributed by atoms with Crippen LogP contribution in [0.1, 0.15) is 5.56 Å². The summed E-state index contributed by atoms with van der Waals surface area (Å²) < 4.78 is 29.8. The van der Waals surface area contributed by atoms with Crippen LogP contribution in [0.4, 0.5) is 8.78 Å². The van der Waals surface area contributed by atoms with E-state index in [1.807, 2.05) is 0 Å². The summed E-state index contributed by atoms with van der Waals surface area (Å²) in [5.41, 5.74) is 0.128. The van der Waals surface area contributed by atoms with Gasteiger partial charge in [-0.2, -0.15) is 0 Å². The molecular weight excluding hydrogens is 150 g/mol. The molecule has 0 spiro atoms. The molecule has 0 aromatic heterocycles. The number of ether oxygens (including phenoxy) is 1. The van der Waals surface area contributed by atoms with Crippen LogP contribution in [0.3, 0.4) is 0 Å². The van der Waals surface area contributed by atoms with Crippen LogP contribution >= 0.6 is 0 Å². The molecule has 1 radical (unpaired) electrons. The van der Waals surface area contributed by atoms with Crippen LogP contribution in [0.2, 0.25) is 0 Å². The monoisotopic (exact) mass is 157 g/mol. The van der Waals surface area contributed by atoms with E-state index in [1.54, 1.807) is 0 Å². The maximum Gasteiger partial charge on any atom is 0.167 e. The molecule has 11 heavy (non-hydrogen) atoms. The van der Waals surface area contributed by atoms with Crippen molar-refractivity contribution in [3.63, 3.8) is 0 Å². The molecule has 0 aliphatic rings. The molecule has 0 heterocycles. The van der Waals surface area contributed by atoms with Crippen molar-refractivity contribution in [2.45, 2.75) is 0 Å². The van der Waals surface area contributed by atoms with Crippen molar-refractivity contribution in [1.29, 1.82) is 0 Å². The Morgan fingerprint density at radius 1 is 1.27 bits per heavy atom. The zero-order valence-electron chi connectivity index (χ0n) is 6.03. The van der Waals surface area contributed by atoms with Gasteiger partial charge in [0.15, 0.2) is 11.6 Å². The molecule has 0 saturated carbocycles. The summed E-state index contributed by atoms with van der Waals surface area (Å²) in [6, 6.07) is 1.96. The van der Waals surface area contributed by atoms with Crippen LogP contribution < -0.4 is 4.74 Å². The van der Waals surface area contributed by atoms with Crippen molar-refractivity contribution in [3.8, 4) is 5.75 Å². The van der Waals surface area contributed by atoms with Crippen molar-refractivity contribution >= 4 is 0 Å². The molecule has 1 nitrogen and oxygen atoms in total. The van der Waals surface area contributed by atoms with Gasteiger partial charge in [-0.25, -0.2) is 8.78 Å². The normalized spacial score (nSPS) is 9.82. The molecule has 0 bridgehead atoms. The summed E-state index contributed by atoms with van der Waals surface area (Å²) in [5.74, 6) is -1.36. The predicted molar refractivity (Wildman–Crippen MR) is 37.4 cm³/mol. The molecule has 1 aromatic carbocycles. The Morgan fingerprint density at radius 3 is 2.45 bits per heavy atom. The summed E-state index contributed by atoms with van der Waals surface area (Å²) in [5, 5.41) is 0. The van der Waals surface area contributed by atoms with Gasteiger partial charge in [-0.05, 0) is 18.6 Å². The molecule has 0 saturated heterocycles. The lowest BCUT2D eigenvalue weighted by atomic mass is 10.2. The van der Waals surface area contributed by atoms with Gasteiger partial charge in [0.1, 0.15) is 5.82 Å². The van der Waals surface area contributed by atoms with Crippen molar-refractivity contribution in [1.82, 2.24) is 0 Å². The smallest absolute Gasteiger partial charge is 0.167 e. The Hall–Kier alpha value is -1.12. The molecule has 0 amide bonds. The summed E-state index contributed by atoms with van der Waals surface area (Å²) in [6.45, 7) is 3.35. The summed E-state index contributed by atoms with van der Waals surface area (Å²) >= 11 is 0. The van der Waals surface area contributed by atoms with Crippen molar-refractivity contribution < 1.29 is 13.5 Å². The zero-order chi connectivity index (χ0) is 8.43. The summed E-state index contributed by atoms with van der Waals surface area (Å²) in [6.07, 6.45) is 0. The van der Waals surface area contributed by atoms with E-state index in [4.69, 9.17) is 0 Å². The van der Waals surface area contributed by atoms with Crippen LogP contribution in [0.15, 0.2) is 12.1 Å². The van der Waals surface area contributed by atoms with Gasteiger partial charge in [-0.3, -0.25) is 0 Å². The lowest BCUT2D eigenvalue weighted by molar-refractivity contribution is 0.383. The number of halogens is 2. The highest BCUT2D eigenvalue weighted by Crippen LogP contribution is 2.20. The number of methoxy groups -OCH3 is 1. The van der Waals surface area contributed by atoms with Crippen molar-refractivity contribution in [2.75, 3.05) is 7.11 Å². The van der Waals surface area contributed by atoms with E-state index in [2.05, 4.69) is 11.7 Å². The van der Waals surface area contributed by atoms with E-state index in [1.165, 1.54) is 13.2 Å². The Labute approximate surface area is 63.6 Å². The average molecular weight is 157 g/mol. The van der Waals surface area contributed by atoms with Crippen LogP contribution in [0.25, 0.3) is 0 Å². The molecule has 59 valence electrons. The highest BCUT2D eigenvalue weighted by Gasteiger charge is 2.06. The predicted octanol–water partition coefficient (Wildman–Crippen LogP) is 2.16. The number of rotatable bonds is 1. The second kappa shape index (κ2) is 2.86. The van der Waals surface area contributed by atoms with Gasteiger partial charge in [0.25, 0.3) is 0 Å². The second-order valence-electron chi connectivity index (χ2n) is 2.08. The maximum atomic E-state index is 12.6. The maximum absolute atomic E-state index is 12.6. The van der Waals surface area contributed by atoms with Crippen LogP contribution in [-0.4, -0.2) is 7.11 Å². The average Bonchev–Trinajstić information content (AvgIpc) is 1.97. The van der Waals surface area contributed by atoms with E-state index in [0.29, 0.717) is 0 Å². The fraction of sp³-hybridized carbons (Fsp3) is 0.125. The van der Waals surface area contributed by atoms with Gasteiger partial charge in [0.2, 0.25) is 0 Å². The Bertz CT molecular complexity index is 271. The molecule has 0 aliphatic heterocycles. The third-order valence-corrected chi connectivity index (χ3v) is 1.32. The van der Waals surface area contributed by atoms with Gasteiger partial charge < -0.3 is 4.74 Å².